The zero-order chi connectivity index (χ0) is 28.1. The van der Waals surface area contributed by atoms with Crippen molar-refractivity contribution in [2.75, 3.05) is 24.5 Å². The Hall–Kier alpha value is -3.19. The molecule has 3 aliphatic rings. The van der Waals surface area contributed by atoms with Gasteiger partial charge in [-0.25, -0.2) is 0 Å². The lowest BCUT2D eigenvalue weighted by Gasteiger charge is -2.38. The van der Waals surface area contributed by atoms with Gasteiger partial charge in [0.15, 0.2) is 0 Å². The summed E-state index contributed by atoms with van der Waals surface area (Å²) < 4.78 is 0. The van der Waals surface area contributed by atoms with Gasteiger partial charge in [0.1, 0.15) is 6.04 Å². The molecule has 1 atom stereocenters. The number of likely N-dealkylation sites (tertiary alicyclic amines) is 1. The van der Waals surface area contributed by atoms with Crippen LogP contribution in [0.1, 0.15) is 76.3 Å². The van der Waals surface area contributed by atoms with Gasteiger partial charge < -0.3 is 20.4 Å². The molecule has 3 amide bonds. The van der Waals surface area contributed by atoms with Gasteiger partial charge >= 0.3 is 0 Å². The maximum atomic E-state index is 13.7. The molecule has 2 aromatic carbocycles. The largest absolute Gasteiger partial charge is 0.344 e. The summed E-state index contributed by atoms with van der Waals surface area (Å²) in [4.78, 5) is 43.9. The van der Waals surface area contributed by atoms with E-state index in [9.17, 15) is 14.4 Å². The molecule has 2 N–H and O–H groups in total. The fourth-order valence-electron chi connectivity index (χ4n) is 6.66. The van der Waals surface area contributed by atoms with Crippen LogP contribution in [-0.2, 0) is 26.2 Å². The van der Waals surface area contributed by atoms with E-state index < -0.39 is 11.5 Å². The third-order valence-corrected chi connectivity index (χ3v) is 9.07. The van der Waals surface area contributed by atoms with Gasteiger partial charge in [-0.1, -0.05) is 61.4 Å². The van der Waals surface area contributed by atoms with Crippen molar-refractivity contribution in [2.24, 2.45) is 0 Å². The molecule has 1 saturated heterocycles. The molecule has 1 unspecified atom stereocenters. The molecule has 0 spiro atoms. The van der Waals surface area contributed by atoms with E-state index in [1.165, 1.54) is 25.7 Å². The fourth-order valence-corrected chi connectivity index (χ4v) is 6.66. The number of carbonyl (C=O) groups is 3. The number of amides is 3. The van der Waals surface area contributed by atoms with Crippen molar-refractivity contribution in [3.8, 4) is 0 Å². The first-order valence-electron chi connectivity index (χ1n) is 15.1. The zero-order valence-electron chi connectivity index (χ0n) is 24.0. The summed E-state index contributed by atoms with van der Waals surface area (Å²) in [6.45, 7) is 5.79. The maximum absolute atomic E-state index is 13.7. The normalized spacial score (nSPS) is 20.0. The van der Waals surface area contributed by atoms with Crippen molar-refractivity contribution >= 4 is 23.4 Å². The second-order valence-electron chi connectivity index (χ2n) is 12.2. The molecule has 2 aliphatic heterocycles. The number of benzene rings is 2. The topological polar surface area (TPSA) is 81.8 Å². The minimum Gasteiger partial charge on any atom is -0.344 e. The van der Waals surface area contributed by atoms with Crippen LogP contribution in [0.3, 0.4) is 0 Å². The van der Waals surface area contributed by atoms with Gasteiger partial charge in [0.25, 0.3) is 0 Å². The molecular formula is C33H44N4O3. The summed E-state index contributed by atoms with van der Waals surface area (Å²) in [7, 11) is 0. The Morgan fingerprint density at radius 1 is 0.950 bits per heavy atom. The lowest BCUT2D eigenvalue weighted by molar-refractivity contribution is -0.137. The third-order valence-electron chi connectivity index (χ3n) is 9.07. The number of nitrogens with zero attached hydrogens (tertiary/aromatic N) is 2. The molecular weight excluding hydrogens is 500 g/mol. The van der Waals surface area contributed by atoms with Gasteiger partial charge in [-0.15, -0.1) is 0 Å². The number of piperidine rings is 1. The minimum absolute atomic E-state index is 0.0139. The molecule has 0 aromatic heterocycles. The van der Waals surface area contributed by atoms with Gasteiger partial charge in [0, 0.05) is 43.8 Å². The van der Waals surface area contributed by atoms with E-state index in [2.05, 4.69) is 28.8 Å². The second kappa shape index (κ2) is 12.5. The summed E-state index contributed by atoms with van der Waals surface area (Å²) in [5, 5.41) is 6.57. The molecule has 7 nitrogen and oxygen atoms in total. The second-order valence-corrected chi connectivity index (χ2v) is 12.2. The van der Waals surface area contributed by atoms with Crippen LogP contribution in [0.4, 0.5) is 5.69 Å². The first-order valence-corrected chi connectivity index (χ1v) is 15.1. The number of hydrogen-bond acceptors (Lipinski definition) is 4. The van der Waals surface area contributed by atoms with Gasteiger partial charge in [-0.05, 0) is 69.6 Å². The molecule has 40 heavy (non-hydrogen) atoms. The smallest absolute Gasteiger partial charge is 0.245 e. The lowest BCUT2D eigenvalue weighted by Crippen LogP contribution is -2.54. The summed E-state index contributed by atoms with van der Waals surface area (Å²) >= 11 is 0. The van der Waals surface area contributed by atoms with Crippen LogP contribution in [0.5, 0.6) is 0 Å². The molecule has 1 saturated carbocycles. The molecule has 1 aliphatic carbocycles. The number of nitrogens with one attached hydrogen (secondary N) is 2. The number of fused-ring (bicyclic) bond motifs is 1. The average molecular weight is 545 g/mol. The van der Waals surface area contributed by atoms with Gasteiger partial charge in [-0.3, -0.25) is 14.4 Å². The summed E-state index contributed by atoms with van der Waals surface area (Å²) in [5.74, 6) is 0.0472. The predicted octanol–water partition coefficient (Wildman–Crippen LogP) is 4.34. The van der Waals surface area contributed by atoms with Crippen molar-refractivity contribution in [1.82, 2.24) is 15.5 Å². The Balaban J connectivity index is 1.20. The maximum Gasteiger partial charge on any atom is 0.245 e. The Labute approximate surface area is 238 Å². The SMILES string of the molecule is CC1(C)C(=O)N(C2CCN(C(=O)C(CCc3ccccc3)NC(=O)CCNC3CCCC3)CC2)c2ccccc21. The van der Waals surface area contributed by atoms with Crippen molar-refractivity contribution in [3.05, 3.63) is 65.7 Å². The molecule has 2 fully saturated rings. The van der Waals surface area contributed by atoms with Crippen molar-refractivity contribution in [2.45, 2.75) is 95.2 Å². The standard InChI is InChI=1S/C33H44N4O3/c1-33(2)27-14-8-9-15-29(27)37(32(33)40)26-19-22-36(23-20-26)31(39)28(17-16-24-10-4-3-5-11-24)35-30(38)18-21-34-25-12-6-7-13-25/h3-5,8-11,14-15,25-26,28,34H,6-7,12-13,16-23H2,1-2H3,(H,35,38). The number of aryl methyl sites for hydroxylation is 1. The molecule has 0 radical (unpaired) electrons. The number of anilines is 1. The highest BCUT2D eigenvalue weighted by Gasteiger charge is 2.46. The number of carbonyl (C=O) groups excluding carboxylic acids is 3. The van der Waals surface area contributed by atoms with E-state index in [1.54, 1.807) is 0 Å². The molecule has 7 heteroatoms. The number of hydrogen-bond donors (Lipinski definition) is 2. The molecule has 5 rings (SSSR count). The quantitative estimate of drug-likeness (QED) is 0.466. The Morgan fingerprint density at radius 3 is 2.35 bits per heavy atom. The summed E-state index contributed by atoms with van der Waals surface area (Å²) in [5.41, 5.74) is 2.69. The van der Waals surface area contributed by atoms with Crippen LogP contribution < -0.4 is 15.5 Å². The number of rotatable bonds is 10. The van der Waals surface area contributed by atoms with Crippen molar-refractivity contribution in [3.63, 3.8) is 0 Å². The predicted molar refractivity (Wildman–Crippen MR) is 158 cm³/mol. The van der Waals surface area contributed by atoms with Crippen LogP contribution in [0.2, 0.25) is 0 Å². The lowest BCUT2D eigenvalue weighted by atomic mass is 9.86. The van der Waals surface area contributed by atoms with Crippen LogP contribution in [0.15, 0.2) is 54.6 Å². The zero-order valence-corrected chi connectivity index (χ0v) is 24.0. The van der Waals surface area contributed by atoms with Gasteiger partial charge in [0.2, 0.25) is 17.7 Å². The first kappa shape index (κ1) is 28.3. The highest BCUT2D eigenvalue weighted by atomic mass is 16.2. The van der Waals surface area contributed by atoms with Crippen LogP contribution >= 0.6 is 0 Å². The van der Waals surface area contributed by atoms with E-state index in [0.717, 1.165) is 36.1 Å². The van der Waals surface area contributed by atoms with Crippen LogP contribution in [0.25, 0.3) is 0 Å². The highest BCUT2D eigenvalue weighted by molar-refractivity contribution is 6.08. The highest BCUT2D eigenvalue weighted by Crippen LogP contribution is 2.43. The molecule has 2 aromatic rings. The van der Waals surface area contributed by atoms with Gasteiger partial charge in [-0.2, -0.15) is 0 Å². The van der Waals surface area contributed by atoms with E-state index >= 15 is 0 Å². The van der Waals surface area contributed by atoms with Crippen LogP contribution in [-0.4, -0.2) is 60.4 Å². The minimum atomic E-state index is -0.552. The summed E-state index contributed by atoms with van der Waals surface area (Å²) in [6, 6.07) is 18.2. The molecule has 0 bridgehead atoms. The van der Waals surface area contributed by atoms with E-state index in [1.807, 2.05) is 60.0 Å². The molecule has 2 heterocycles. The van der Waals surface area contributed by atoms with Crippen LogP contribution in [0, 0.1) is 0 Å². The average Bonchev–Trinajstić information content (AvgIpc) is 3.56. The van der Waals surface area contributed by atoms with Gasteiger partial charge in [0.05, 0.1) is 5.41 Å². The van der Waals surface area contributed by atoms with E-state index in [4.69, 9.17) is 0 Å². The number of para-hydroxylation sites is 1. The summed E-state index contributed by atoms with van der Waals surface area (Å²) in [6.07, 6.45) is 8.00. The fraction of sp³-hybridized carbons (Fsp3) is 0.545. The van der Waals surface area contributed by atoms with Crippen molar-refractivity contribution < 1.29 is 14.4 Å². The van der Waals surface area contributed by atoms with E-state index in [0.29, 0.717) is 38.5 Å². The Morgan fingerprint density at radius 2 is 1.62 bits per heavy atom. The Kier molecular flexibility index (Phi) is 8.89. The first-order chi connectivity index (χ1) is 19.3. The van der Waals surface area contributed by atoms with E-state index in [-0.39, 0.29) is 23.8 Å². The molecule has 214 valence electrons. The Bertz CT molecular complexity index is 1180. The third kappa shape index (κ3) is 6.25. The monoisotopic (exact) mass is 544 g/mol. The van der Waals surface area contributed by atoms with Crippen molar-refractivity contribution in [1.29, 1.82) is 0 Å².